The Balaban J connectivity index is 1.58. The van der Waals surface area contributed by atoms with Crippen LogP contribution < -0.4 is 9.96 Å². The minimum absolute atomic E-state index is 0.135. The van der Waals surface area contributed by atoms with Crippen molar-refractivity contribution in [2.75, 3.05) is 9.96 Å². The van der Waals surface area contributed by atoms with Gasteiger partial charge in [-0.25, -0.2) is 9.96 Å². The van der Waals surface area contributed by atoms with Gasteiger partial charge in [0.1, 0.15) is 11.7 Å². The standard InChI is InChI=1S/C25H22N2O4/c1-15-8-11-19(14-16(15)2)26-24(29)21-22(17-9-12-20(28)13-10-17)27(31-23(21)25(26)30)18-6-4-3-5-7-18/h3-14,21-23,28H,1-2H3. The van der Waals surface area contributed by atoms with Gasteiger partial charge in [0.25, 0.3) is 5.91 Å². The lowest BCUT2D eigenvalue weighted by molar-refractivity contribution is -0.126. The monoisotopic (exact) mass is 414 g/mol. The third kappa shape index (κ3) is 3.07. The number of hydrogen-bond acceptors (Lipinski definition) is 5. The normalized spacial score (nSPS) is 22.8. The van der Waals surface area contributed by atoms with Crippen LogP contribution in [0.25, 0.3) is 0 Å². The Labute approximate surface area is 180 Å². The fourth-order valence-electron chi connectivity index (χ4n) is 4.34. The number of amides is 2. The summed E-state index contributed by atoms with van der Waals surface area (Å²) in [5, 5.41) is 11.4. The SMILES string of the molecule is Cc1ccc(N2C(=O)C3ON(c4ccccc4)C(c4ccc(O)cc4)C3C2=O)cc1C. The van der Waals surface area contributed by atoms with Gasteiger partial charge in [-0.05, 0) is 66.9 Å². The van der Waals surface area contributed by atoms with Crippen molar-refractivity contribution in [3.05, 3.63) is 89.5 Å². The molecule has 5 rings (SSSR count). The molecule has 2 aliphatic rings. The second kappa shape index (κ2) is 7.25. The molecule has 0 radical (unpaired) electrons. The minimum atomic E-state index is -0.909. The highest BCUT2D eigenvalue weighted by atomic mass is 16.7. The Hall–Kier alpha value is -3.64. The summed E-state index contributed by atoms with van der Waals surface area (Å²) in [7, 11) is 0. The highest BCUT2D eigenvalue weighted by Gasteiger charge is 2.60. The van der Waals surface area contributed by atoms with Gasteiger partial charge < -0.3 is 5.11 Å². The largest absolute Gasteiger partial charge is 0.508 e. The van der Waals surface area contributed by atoms with Gasteiger partial charge in [-0.3, -0.25) is 14.4 Å². The van der Waals surface area contributed by atoms with Crippen LogP contribution in [0.5, 0.6) is 5.75 Å². The molecular formula is C25H22N2O4. The summed E-state index contributed by atoms with van der Waals surface area (Å²) in [6.45, 7) is 3.95. The summed E-state index contributed by atoms with van der Waals surface area (Å²) in [4.78, 5) is 34.2. The predicted molar refractivity (Wildman–Crippen MR) is 117 cm³/mol. The number of phenols is 1. The zero-order valence-corrected chi connectivity index (χ0v) is 17.2. The molecule has 6 nitrogen and oxygen atoms in total. The predicted octanol–water partition coefficient (Wildman–Crippen LogP) is 4.06. The lowest BCUT2D eigenvalue weighted by Gasteiger charge is -2.28. The number of rotatable bonds is 3. The van der Waals surface area contributed by atoms with Crippen LogP contribution in [0, 0.1) is 19.8 Å². The summed E-state index contributed by atoms with van der Waals surface area (Å²) >= 11 is 0. The molecule has 0 saturated carbocycles. The molecule has 0 aliphatic carbocycles. The van der Waals surface area contributed by atoms with E-state index in [9.17, 15) is 14.7 Å². The molecule has 2 saturated heterocycles. The topological polar surface area (TPSA) is 70.1 Å². The van der Waals surface area contributed by atoms with Gasteiger partial charge in [0.2, 0.25) is 5.91 Å². The van der Waals surface area contributed by atoms with Gasteiger partial charge in [-0.15, -0.1) is 0 Å². The number of fused-ring (bicyclic) bond motifs is 1. The molecule has 6 heteroatoms. The highest BCUT2D eigenvalue weighted by Crippen LogP contribution is 2.47. The lowest BCUT2D eigenvalue weighted by atomic mass is 9.90. The minimum Gasteiger partial charge on any atom is -0.508 e. The van der Waals surface area contributed by atoms with Crippen molar-refractivity contribution in [1.29, 1.82) is 0 Å². The van der Waals surface area contributed by atoms with Gasteiger partial charge in [0.15, 0.2) is 6.10 Å². The first kappa shape index (κ1) is 19.3. The van der Waals surface area contributed by atoms with Gasteiger partial charge in [-0.1, -0.05) is 36.4 Å². The van der Waals surface area contributed by atoms with Crippen molar-refractivity contribution in [1.82, 2.24) is 0 Å². The van der Waals surface area contributed by atoms with E-state index in [2.05, 4.69) is 0 Å². The van der Waals surface area contributed by atoms with E-state index < -0.39 is 18.1 Å². The molecule has 1 N–H and O–H groups in total. The van der Waals surface area contributed by atoms with Crippen molar-refractivity contribution in [2.24, 2.45) is 5.92 Å². The first-order valence-corrected chi connectivity index (χ1v) is 10.2. The van der Waals surface area contributed by atoms with Gasteiger partial charge in [0, 0.05) is 0 Å². The van der Waals surface area contributed by atoms with Crippen LogP contribution in [0.2, 0.25) is 0 Å². The molecule has 2 aliphatic heterocycles. The van der Waals surface area contributed by atoms with E-state index in [0.717, 1.165) is 22.4 Å². The number of phenolic OH excluding ortho intramolecular Hbond substituents is 1. The van der Waals surface area contributed by atoms with E-state index in [-0.39, 0.29) is 17.6 Å². The van der Waals surface area contributed by atoms with Gasteiger partial charge >= 0.3 is 0 Å². The summed E-state index contributed by atoms with van der Waals surface area (Å²) in [6, 6.07) is 21.2. The second-order valence-corrected chi connectivity index (χ2v) is 8.03. The zero-order valence-electron chi connectivity index (χ0n) is 17.2. The van der Waals surface area contributed by atoms with E-state index in [0.29, 0.717) is 5.69 Å². The van der Waals surface area contributed by atoms with Crippen molar-refractivity contribution in [3.63, 3.8) is 0 Å². The summed E-state index contributed by atoms with van der Waals surface area (Å²) < 4.78 is 0. The van der Waals surface area contributed by atoms with Gasteiger partial charge in [0.05, 0.1) is 17.4 Å². The van der Waals surface area contributed by atoms with Gasteiger partial charge in [-0.2, -0.15) is 0 Å². The molecule has 0 bridgehead atoms. The quantitative estimate of drug-likeness (QED) is 0.655. The lowest BCUT2D eigenvalue weighted by Crippen LogP contribution is -2.37. The third-order valence-corrected chi connectivity index (χ3v) is 6.11. The number of imide groups is 1. The fraction of sp³-hybridized carbons (Fsp3) is 0.200. The maximum absolute atomic E-state index is 13.6. The Morgan fingerprint density at radius 3 is 2.19 bits per heavy atom. The number of anilines is 2. The van der Waals surface area contributed by atoms with Crippen LogP contribution in [-0.2, 0) is 14.4 Å². The Kier molecular flexibility index (Phi) is 4.52. The highest BCUT2D eigenvalue weighted by molar-refractivity contribution is 6.24. The first-order valence-electron chi connectivity index (χ1n) is 10.2. The zero-order chi connectivity index (χ0) is 21.7. The van der Waals surface area contributed by atoms with Crippen LogP contribution in [0.15, 0.2) is 72.8 Å². The van der Waals surface area contributed by atoms with Crippen LogP contribution in [0.3, 0.4) is 0 Å². The molecule has 3 aromatic carbocycles. The van der Waals surface area contributed by atoms with E-state index >= 15 is 0 Å². The second-order valence-electron chi connectivity index (χ2n) is 8.03. The number of hydrogen-bond donors (Lipinski definition) is 1. The molecule has 156 valence electrons. The van der Waals surface area contributed by atoms with Crippen molar-refractivity contribution >= 4 is 23.2 Å². The van der Waals surface area contributed by atoms with Crippen LogP contribution >= 0.6 is 0 Å². The third-order valence-electron chi connectivity index (χ3n) is 6.11. The fourth-order valence-corrected chi connectivity index (χ4v) is 4.34. The molecule has 2 fully saturated rings. The Bertz CT molecular complexity index is 1160. The maximum atomic E-state index is 13.6. The molecule has 2 heterocycles. The summed E-state index contributed by atoms with van der Waals surface area (Å²) in [6.07, 6.45) is -0.909. The number of para-hydroxylation sites is 1. The average Bonchev–Trinajstić information content (AvgIpc) is 3.28. The number of hydroxylamine groups is 1. The van der Waals surface area contributed by atoms with E-state index in [4.69, 9.17) is 4.84 Å². The van der Waals surface area contributed by atoms with E-state index in [1.54, 1.807) is 35.4 Å². The molecule has 31 heavy (non-hydrogen) atoms. The number of benzene rings is 3. The number of nitrogens with zero attached hydrogens (tertiary/aromatic N) is 2. The molecule has 3 atom stereocenters. The molecule has 3 unspecified atom stereocenters. The van der Waals surface area contributed by atoms with E-state index in [1.807, 2.05) is 56.3 Å². The Morgan fingerprint density at radius 1 is 0.806 bits per heavy atom. The number of carbonyl (C=O) groups excluding carboxylic acids is 2. The average molecular weight is 414 g/mol. The van der Waals surface area contributed by atoms with Crippen molar-refractivity contribution in [2.45, 2.75) is 26.0 Å². The van der Waals surface area contributed by atoms with Crippen molar-refractivity contribution < 1.29 is 19.5 Å². The Morgan fingerprint density at radius 2 is 1.52 bits per heavy atom. The number of aryl methyl sites for hydroxylation is 2. The van der Waals surface area contributed by atoms with Crippen LogP contribution in [-0.4, -0.2) is 23.0 Å². The molecule has 2 amide bonds. The molecule has 0 spiro atoms. The molecular weight excluding hydrogens is 392 g/mol. The van der Waals surface area contributed by atoms with E-state index in [1.165, 1.54) is 4.90 Å². The smallest absolute Gasteiger partial charge is 0.266 e. The summed E-state index contributed by atoms with van der Waals surface area (Å²) in [5.41, 5.74) is 4.21. The first-order chi connectivity index (χ1) is 15.0. The molecule has 0 aromatic heterocycles. The summed E-state index contributed by atoms with van der Waals surface area (Å²) in [5.74, 6) is -1.20. The number of carbonyl (C=O) groups is 2. The molecule has 3 aromatic rings. The van der Waals surface area contributed by atoms with Crippen LogP contribution in [0.1, 0.15) is 22.7 Å². The van der Waals surface area contributed by atoms with Crippen molar-refractivity contribution in [3.8, 4) is 5.75 Å². The number of aromatic hydroxyl groups is 1. The van der Waals surface area contributed by atoms with Crippen LogP contribution in [0.4, 0.5) is 11.4 Å². The maximum Gasteiger partial charge on any atom is 0.266 e.